The van der Waals surface area contributed by atoms with Crippen molar-refractivity contribution < 1.29 is 22.3 Å². The van der Waals surface area contributed by atoms with Crippen LogP contribution >= 0.6 is 11.6 Å². The molecule has 0 aromatic heterocycles. The Bertz CT molecular complexity index is 619. The molecule has 0 spiro atoms. The Balaban J connectivity index is 3.11. The van der Waals surface area contributed by atoms with Gasteiger partial charge in [-0.2, -0.15) is 4.72 Å². The van der Waals surface area contributed by atoms with Crippen LogP contribution in [0.2, 0.25) is 5.02 Å². The van der Waals surface area contributed by atoms with E-state index in [0.717, 1.165) is 18.2 Å². The number of hydrogen-bond donors (Lipinski definition) is 1. The minimum absolute atomic E-state index is 0.0554. The monoisotopic (exact) mass is 337 g/mol. The van der Waals surface area contributed by atoms with E-state index in [1.54, 1.807) is 0 Å². The third-order valence-electron chi connectivity index (χ3n) is 2.67. The van der Waals surface area contributed by atoms with Crippen LogP contribution in [0.25, 0.3) is 0 Å². The van der Waals surface area contributed by atoms with Gasteiger partial charge in [0.05, 0.1) is 12.1 Å². The second-order valence-corrected chi connectivity index (χ2v) is 6.99. The zero-order chi connectivity index (χ0) is 16.2. The number of methoxy groups -OCH3 is 1. The standard InChI is InChI=1S/C13H17ClFNO4S/c1-8(2)6-11(13(17)20-3)16-21(18,19)12-7-9(15)4-5-10(12)14/h4-5,7-8,11,16H,6H2,1-3H3. The first-order chi connectivity index (χ1) is 9.67. The molecular formula is C13H17ClFNO4S. The zero-order valence-electron chi connectivity index (χ0n) is 11.9. The van der Waals surface area contributed by atoms with E-state index in [9.17, 15) is 17.6 Å². The molecule has 0 aliphatic carbocycles. The van der Waals surface area contributed by atoms with Crippen molar-refractivity contribution in [1.82, 2.24) is 4.72 Å². The van der Waals surface area contributed by atoms with Crippen molar-refractivity contribution in [3.8, 4) is 0 Å². The van der Waals surface area contributed by atoms with E-state index < -0.39 is 32.7 Å². The Labute approximate surface area is 128 Å². The fourth-order valence-electron chi connectivity index (χ4n) is 1.74. The third-order valence-corrected chi connectivity index (χ3v) is 4.63. The van der Waals surface area contributed by atoms with Gasteiger partial charge < -0.3 is 4.74 Å². The predicted octanol–water partition coefficient (Wildman–Crippen LogP) is 2.35. The molecule has 0 radical (unpaired) electrons. The smallest absolute Gasteiger partial charge is 0.323 e. The van der Waals surface area contributed by atoms with Gasteiger partial charge in [-0.3, -0.25) is 4.79 Å². The van der Waals surface area contributed by atoms with Gasteiger partial charge >= 0.3 is 5.97 Å². The van der Waals surface area contributed by atoms with E-state index >= 15 is 0 Å². The second kappa shape index (κ2) is 7.20. The number of hydrogen-bond acceptors (Lipinski definition) is 4. The summed E-state index contributed by atoms with van der Waals surface area (Å²) in [5, 5.41) is -0.128. The van der Waals surface area contributed by atoms with Gasteiger partial charge in [0.1, 0.15) is 16.8 Å². The van der Waals surface area contributed by atoms with E-state index in [-0.39, 0.29) is 17.4 Å². The van der Waals surface area contributed by atoms with Crippen LogP contribution in [0.15, 0.2) is 23.1 Å². The van der Waals surface area contributed by atoms with Gasteiger partial charge in [0.15, 0.2) is 0 Å². The molecule has 1 aromatic rings. The lowest BCUT2D eigenvalue weighted by Crippen LogP contribution is -2.42. The average Bonchev–Trinajstić information content (AvgIpc) is 2.38. The van der Waals surface area contributed by atoms with Crippen LogP contribution in [-0.2, 0) is 19.6 Å². The van der Waals surface area contributed by atoms with Crippen molar-refractivity contribution in [3.63, 3.8) is 0 Å². The molecule has 0 aliphatic heterocycles. The summed E-state index contributed by atoms with van der Waals surface area (Å²) < 4.78 is 44.5. The Morgan fingerprint density at radius 2 is 2.05 bits per heavy atom. The number of carbonyl (C=O) groups excluding carboxylic acids is 1. The number of sulfonamides is 1. The maximum Gasteiger partial charge on any atom is 0.323 e. The fraction of sp³-hybridized carbons (Fsp3) is 0.462. The van der Waals surface area contributed by atoms with Crippen LogP contribution in [-0.4, -0.2) is 27.5 Å². The highest BCUT2D eigenvalue weighted by atomic mass is 35.5. The molecule has 0 heterocycles. The average molecular weight is 338 g/mol. The Morgan fingerprint density at radius 1 is 1.43 bits per heavy atom. The van der Waals surface area contributed by atoms with E-state index in [2.05, 4.69) is 9.46 Å². The summed E-state index contributed by atoms with van der Waals surface area (Å²) in [5.74, 6) is -1.39. The van der Waals surface area contributed by atoms with Crippen LogP contribution in [0.1, 0.15) is 20.3 Å². The highest BCUT2D eigenvalue weighted by Crippen LogP contribution is 2.23. The highest BCUT2D eigenvalue weighted by Gasteiger charge is 2.28. The van der Waals surface area contributed by atoms with Gasteiger partial charge in [0.25, 0.3) is 0 Å². The summed E-state index contributed by atoms with van der Waals surface area (Å²) in [4.78, 5) is 11.2. The number of ether oxygens (including phenoxy) is 1. The van der Waals surface area contributed by atoms with E-state index in [0.29, 0.717) is 0 Å². The van der Waals surface area contributed by atoms with Crippen LogP contribution in [0, 0.1) is 11.7 Å². The molecule has 0 aliphatic rings. The molecule has 8 heteroatoms. The van der Waals surface area contributed by atoms with E-state index in [1.165, 1.54) is 7.11 Å². The molecule has 5 nitrogen and oxygen atoms in total. The third kappa shape index (κ3) is 4.94. The minimum atomic E-state index is -4.14. The summed E-state index contributed by atoms with van der Waals surface area (Å²) in [7, 11) is -2.97. The van der Waals surface area contributed by atoms with Gasteiger partial charge in [-0.05, 0) is 30.5 Å². The number of benzene rings is 1. The molecule has 0 amide bonds. The summed E-state index contributed by atoms with van der Waals surface area (Å²) in [6.45, 7) is 3.67. The minimum Gasteiger partial charge on any atom is -0.468 e. The lowest BCUT2D eigenvalue weighted by Gasteiger charge is -2.18. The van der Waals surface area contributed by atoms with Gasteiger partial charge in [0.2, 0.25) is 10.0 Å². The molecule has 21 heavy (non-hydrogen) atoms. The van der Waals surface area contributed by atoms with E-state index in [1.807, 2.05) is 13.8 Å². The van der Waals surface area contributed by atoms with Gasteiger partial charge in [-0.25, -0.2) is 12.8 Å². The molecule has 0 saturated carbocycles. The number of esters is 1. The molecule has 0 saturated heterocycles. The quantitative estimate of drug-likeness (QED) is 0.809. The lowest BCUT2D eigenvalue weighted by molar-refractivity contribution is -0.143. The molecule has 0 bridgehead atoms. The second-order valence-electron chi connectivity index (χ2n) is 4.90. The number of halogens is 2. The van der Waals surface area contributed by atoms with Gasteiger partial charge in [0, 0.05) is 0 Å². The van der Waals surface area contributed by atoms with Crippen molar-refractivity contribution >= 4 is 27.6 Å². The summed E-state index contributed by atoms with van der Waals surface area (Å²) in [6.07, 6.45) is 0.249. The predicted molar refractivity (Wildman–Crippen MR) is 77.0 cm³/mol. The summed E-state index contributed by atoms with van der Waals surface area (Å²) in [5.41, 5.74) is 0. The molecule has 1 aromatic carbocycles. The Hall–Kier alpha value is -1.18. The lowest BCUT2D eigenvalue weighted by atomic mass is 10.1. The molecule has 1 unspecified atom stereocenters. The largest absolute Gasteiger partial charge is 0.468 e. The number of nitrogens with one attached hydrogen (secondary N) is 1. The van der Waals surface area contributed by atoms with Crippen LogP contribution in [0.3, 0.4) is 0 Å². The Kier molecular flexibility index (Phi) is 6.12. The maximum atomic E-state index is 13.2. The highest BCUT2D eigenvalue weighted by molar-refractivity contribution is 7.89. The SMILES string of the molecule is COC(=O)C(CC(C)C)NS(=O)(=O)c1cc(F)ccc1Cl. The first kappa shape index (κ1) is 17.9. The van der Waals surface area contributed by atoms with Crippen molar-refractivity contribution in [2.75, 3.05) is 7.11 Å². The summed E-state index contributed by atoms with van der Waals surface area (Å²) >= 11 is 5.78. The van der Waals surface area contributed by atoms with E-state index in [4.69, 9.17) is 11.6 Å². The Morgan fingerprint density at radius 3 is 2.57 bits per heavy atom. The zero-order valence-corrected chi connectivity index (χ0v) is 13.5. The van der Waals surface area contributed by atoms with Crippen LogP contribution in [0.4, 0.5) is 4.39 Å². The molecule has 1 rings (SSSR count). The number of carbonyl (C=O) groups is 1. The normalized spacial score (nSPS) is 13.2. The van der Waals surface area contributed by atoms with Crippen molar-refractivity contribution in [2.24, 2.45) is 5.92 Å². The fourth-order valence-corrected chi connectivity index (χ4v) is 3.45. The molecule has 1 atom stereocenters. The van der Waals surface area contributed by atoms with Crippen molar-refractivity contribution in [3.05, 3.63) is 29.0 Å². The van der Waals surface area contributed by atoms with Gasteiger partial charge in [-0.1, -0.05) is 25.4 Å². The topological polar surface area (TPSA) is 72.5 Å². The molecule has 1 N–H and O–H groups in total. The van der Waals surface area contributed by atoms with Gasteiger partial charge in [-0.15, -0.1) is 0 Å². The summed E-state index contributed by atoms with van der Waals surface area (Å²) in [6, 6.07) is 1.93. The van der Waals surface area contributed by atoms with Crippen LogP contribution < -0.4 is 4.72 Å². The molecule has 0 fully saturated rings. The maximum absolute atomic E-state index is 13.2. The molecular weight excluding hydrogens is 321 g/mol. The molecule has 118 valence electrons. The van der Waals surface area contributed by atoms with Crippen molar-refractivity contribution in [2.45, 2.75) is 31.2 Å². The first-order valence-corrected chi connectivity index (χ1v) is 8.08. The van der Waals surface area contributed by atoms with Crippen LogP contribution in [0.5, 0.6) is 0 Å². The first-order valence-electron chi connectivity index (χ1n) is 6.22. The van der Waals surface area contributed by atoms with Crippen molar-refractivity contribution in [1.29, 1.82) is 0 Å². The number of rotatable bonds is 6.